The van der Waals surface area contributed by atoms with Crippen molar-refractivity contribution in [3.05, 3.63) is 16.4 Å². The third-order valence-electron chi connectivity index (χ3n) is 1.17. The van der Waals surface area contributed by atoms with Crippen LogP contribution in [-0.2, 0) is 9.53 Å². The molecule has 0 aromatic carbocycles. The van der Waals surface area contributed by atoms with Gasteiger partial charge >= 0.3 is 11.8 Å². The fourth-order valence-electron chi connectivity index (χ4n) is 0.658. The van der Waals surface area contributed by atoms with E-state index in [1.54, 1.807) is 6.92 Å². The maximum absolute atomic E-state index is 11.1. The zero-order valence-corrected chi connectivity index (χ0v) is 8.33. The lowest BCUT2D eigenvalue weighted by Crippen LogP contribution is -2.16. The van der Waals surface area contributed by atoms with Gasteiger partial charge in [-0.05, 0) is 22.9 Å². The van der Waals surface area contributed by atoms with Crippen LogP contribution >= 0.6 is 15.9 Å². The standard InChI is InChI=1S/C7H6BrNO4/c1-2-12-7(11)6(10)4-3-5(8)9-13-4/h3H,2H2,1H3. The zero-order chi connectivity index (χ0) is 9.84. The number of carbonyl (C=O) groups is 2. The Bertz CT molecular complexity index is 333. The molecule has 0 bridgehead atoms. The van der Waals surface area contributed by atoms with Crippen molar-refractivity contribution in [3.8, 4) is 0 Å². The molecule has 1 aromatic rings. The van der Waals surface area contributed by atoms with Crippen LogP contribution in [0, 0.1) is 0 Å². The first-order valence-corrected chi connectivity index (χ1v) is 4.28. The van der Waals surface area contributed by atoms with Gasteiger partial charge in [-0.25, -0.2) is 4.79 Å². The van der Waals surface area contributed by atoms with Crippen LogP contribution in [0.3, 0.4) is 0 Å². The Balaban J connectivity index is 2.73. The highest BCUT2D eigenvalue weighted by molar-refractivity contribution is 9.10. The predicted molar refractivity (Wildman–Crippen MR) is 45.2 cm³/mol. The molecule has 1 aromatic heterocycles. The van der Waals surface area contributed by atoms with Crippen LogP contribution in [0.25, 0.3) is 0 Å². The van der Waals surface area contributed by atoms with E-state index in [1.807, 2.05) is 0 Å². The van der Waals surface area contributed by atoms with Gasteiger partial charge in [-0.1, -0.05) is 5.16 Å². The average Bonchev–Trinajstić information content (AvgIpc) is 2.51. The van der Waals surface area contributed by atoms with Crippen LogP contribution in [0.4, 0.5) is 0 Å². The molecule has 0 amide bonds. The number of esters is 1. The van der Waals surface area contributed by atoms with Gasteiger partial charge in [-0.15, -0.1) is 0 Å². The van der Waals surface area contributed by atoms with E-state index in [2.05, 4.69) is 30.3 Å². The molecule has 6 heteroatoms. The second kappa shape index (κ2) is 4.18. The summed E-state index contributed by atoms with van der Waals surface area (Å²) in [4.78, 5) is 22.0. The molecule has 0 saturated heterocycles. The Labute approximate surface area is 82.2 Å². The number of Topliss-reactive ketones (excluding diaryl/α,β-unsaturated/α-hetero) is 1. The molecule has 0 spiro atoms. The van der Waals surface area contributed by atoms with Gasteiger partial charge in [0.2, 0.25) is 5.76 Å². The van der Waals surface area contributed by atoms with Crippen molar-refractivity contribution in [2.45, 2.75) is 6.92 Å². The maximum Gasteiger partial charge on any atom is 0.383 e. The maximum atomic E-state index is 11.1. The molecule has 5 nitrogen and oxygen atoms in total. The van der Waals surface area contributed by atoms with Crippen LogP contribution in [0.1, 0.15) is 17.5 Å². The molecule has 0 aliphatic carbocycles. The highest BCUT2D eigenvalue weighted by Gasteiger charge is 2.21. The molecule has 0 saturated carbocycles. The van der Waals surface area contributed by atoms with E-state index < -0.39 is 11.8 Å². The van der Waals surface area contributed by atoms with E-state index >= 15 is 0 Å². The molecule has 1 heterocycles. The molecule has 0 aliphatic heterocycles. The number of halogens is 1. The van der Waals surface area contributed by atoms with Crippen molar-refractivity contribution in [2.75, 3.05) is 6.61 Å². The second-order valence-electron chi connectivity index (χ2n) is 2.06. The zero-order valence-electron chi connectivity index (χ0n) is 6.74. The minimum Gasteiger partial charge on any atom is -0.460 e. The highest BCUT2D eigenvalue weighted by Crippen LogP contribution is 2.10. The number of carbonyl (C=O) groups excluding carboxylic acids is 2. The Morgan fingerprint density at radius 1 is 1.69 bits per heavy atom. The number of ketones is 1. The van der Waals surface area contributed by atoms with E-state index in [1.165, 1.54) is 6.07 Å². The summed E-state index contributed by atoms with van der Waals surface area (Å²) >= 11 is 2.98. The Kier molecular flexibility index (Phi) is 3.18. The summed E-state index contributed by atoms with van der Waals surface area (Å²) in [5.41, 5.74) is 0. The van der Waals surface area contributed by atoms with E-state index in [-0.39, 0.29) is 12.4 Å². The lowest BCUT2D eigenvalue weighted by atomic mass is 10.3. The largest absolute Gasteiger partial charge is 0.460 e. The van der Waals surface area contributed by atoms with E-state index in [4.69, 9.17) is 0 Å². The molecule has 0 radical (unpaired) electrons. The second-order valence-corrected chi connectivity index (χ2v) is 2.88. The molecular weight excluding hydrogens is 242 g/mol. The summed E-state index contributed by atoms with van der Waals surface area (Å²) in [6.07, 6.45) is 0. The fourth-order valence-corrected chi connectivity index (χ4v) is 0.938. The van der Waals surface area contributed by atoms with E-state index in [0.717, 1.165) is 0 Å². The van der Waals surface area contributed by atoms with Gasteiger partial charge in [0.05, 0.1) is 6.61 Å². The van der Waals surface area contributed by atoms with E-state index in [0.29, 0.717) is 4.60 Å². The summed E-state index contributed by atoms with van der Waals surface area (Å²) in [5.74, 6) is -1.91. The number of hydrogen-bond acceptors (Lipinski definition) is 5. The van der Waals surface area contributed by atoms with Crippen LogP contribution in [0.2, 0.25) is 0 Å². The highest BCUT2D eigenvalue weighted by atomic mass is 79.9. The minimum absolute atomic E-state index is 0.134. The monoisotopic (exact) mass is 247 g/mol. The average molecular weight is 248 g/mol. The first-order valence-electron chi connectivity index (χ1n) is 3.48. The number of rotatable bonds is 3. The summed E-state index contributed by atoms with van der Waals surface area (Å²) < 4.78 is 9.38. The quantitative estimate of drug-likeness (QED) is 0.456. The van der Waals surface area contributed by atoms with Gasteiger partial charge in [0.1, 0.15) is 4.60 Å². The summed E-state index contributed by atoms with van der Waals surface area (Å²) in [6, 6.07) is 1.30. The van der Waals surface area contributed by atoms with Crippen molar-refractivity contribution in [3.63, 3.8) is 0 Å². The third kappa shape index (κ3) is 2.38. The smallest absolute Gasteiger partial charge is 0.383 e. The predicted octanol–water partition coefficient (Wildman–Crippen LogP) is 1.18. The molecule has 0 atom stereocenters. The van der Waals surface area contributed by atoms with Crippen molar-refractivity contribution >= 4 is 27.7 Å². The van der Waals surface area contributed by atoms with Crippen LogP contribution in [0.15, 0.2) is 15.2 Å². The number of hydrogen-bond donors (Lipinski definition) is 0. The first-order chi connectivity index (χ1) is 6.15. The fraction of sp³-hybridized carbons (Fsp3) is 0.286. The van der Waals surface area contributed by atoms with E-state index in [9.17, 15) is 9.59 Å². The number of aromatic nitrogens is 1. The SMILES string of the molecule is CCOC(=O)C(=O)c1cc(Br)no1. The van der Waals surface area contributed by atoms with Crippen LogP contribution < -0.4 is 0 Å². The third-order valence-corrected chi connectivity index (χ3v) is 1.54. The van der Waals surface area contributed by atoms with Crippen molar-refractivity contribution in [2.24, 2.45) is 0 Å². The van der Waals surface area contributed by atoms with Crippen LogP contribution in [0.5, 0.6) is 0 Å². The van der Waals surface area contributed by atoms with Crippen molar-refractivity contribution in [1.29, 1.82) is 0 Å². The first kappa shape index (κ1) is 9.91. The molecule has 70 valence electrons. The molecule has 0 aliphatic rings. The Morgan fingerprint density at radius 2 is 2.38 bits per heavy atom. The van der Waals surface area contributed by atoms with Crippen molar-refractivity contribution in [1.82, 2.24) is 5.16 Å². The Morgan fingerprint density at radius 3 is 2.85 bits per heavy atom. The number of ether oxygens (including phenoxy) is 1. The van der Waals surface area contributed by atoms with Gasteiger partial charge in [-0.2, -0.15) is 0 Å². The normalized spacial score (nSPS) is 9.69. The topological polar surface area (TPSA) is 69.4 Å². The molecule has 13 heavy (non-hydrogen) atoms. The molecule has 0 N–H and O–H groups in total. The minimum atomic E-state index is -0.939. The summed E-state index contributed by atoms with van der Waals surface area (Å²) in [6.45, 7) is 1.77. The Hall–Kier alpha value is -1.17. The number of nitrogens with zero attached hydrogens (tertiary/aromatic N) is 1. The van der Waals surface area contributed by atoms with Gasteiger partial charge in [-0.3, -0.25) is 4.79 Å². The lowest BCUT2D eigenvalue weighted by molar-refractivity contribution is -0.137. The van der Waals surface area contributed by atoms with Gasteiger partial charge in [0.15, 0.2) is 0 Å². The van der Waals surface area contributed by atoms with Crippen molar-refractivity contribution < 1.29 is 18.8 Å². The molecule has 0 fully saturated rings. The molecule has 1 rings (SSSR count). The van der Waals surface area contributed by atoms with Gasteiger partial charge in [0.25, 0.3) is 0 Å². The molecule has 0 unspecified atom stereocenters. The summed E-state index contributed by atoms with van der Waals surface area (Å²) in [7, 11) is 0. The summed E-state index contributed by atoms with van der Waals surface area (Å²) in [5, 5.41) is 3.39. The van der Waals surface area contributed by atoms with Gasteiger partial charge in [0, 0.05) is 6.07 Å². The molecular formula is C7H6BrNO4. The van der Waals surface area contributed by atoms with Gasteiger partial charge < -0.3 is 9.26 Å². The van der Waals surface area contributed by atoms with Crippen LogP contribution in [-0.4, -0.2) is 23.5 Å². The lowest BCUT2D eigenvalue weighted by Gasteiger charge is -1.95.